The van der Waals surface area contributed by atoms with Crippen molar-refractivity contribution in [3.05, 3.63) is 18.2 Å². The predicted molar refractivity (Wildman–Crippen MR) is 60.6 cm³/mol. The van der Waals surface area contributed by atoms with Gasteiger partial charge in [-0.15, -0.1) is 0 Å². The van der Waals surface area contributed by atoms with Gasteiger partial charge in [-0.05, 0) is 12.1 Å². The Bertz CT molecular complexity index is 561. The highest BCUT2D eigenvalue weighted by Crippen LogP contribution is 2.26. The van der Waals surface area contributed by atoms with Crippen molar-refractivity contribution in [3.8, 4) is 5.75 Å². The molecule has 0 saturated heterocycles. The summed E-state index contributed by atoms with van der Waals surface area (Å²) < 4.78 is 72.2. The van der Waals surface area contributed by atoms with E-state index in [0.29, 0.717) is 0 Å². The minimum absolute atomic E-state index is 0.0923. The molecule has 0 saturated carbocycles. The van der Waals surface area contributed by atoms with Crippen LogP contribution in [0.3, 0.4) is 0 Å². The van der Waals surface area contributed by atoms with Crippen LogP contribution in [0.15, 0.2) is 23.1 Å². The summed E-state index contributed by atoms with van der Waals surface area (Å²) in [6.45, 7) is 0. The number of anilines is 1. The Balaban J connectivity index is 3.11. The summed E-state index contributed by atoms with van der Waals surface area (Å²) >= 11 is -2.33. The molecule has 0 aliphatic carbocycles. The Labute approximate surface area is 104 Å². The van der Waals surface area contributed by atoms with Gasteiger partial charge < -0.3 is 9.29 Å². The lowest BCUT2D eigenvalue weighted by Gasteiger charge is -2.10. The minimum atomic E-state index is -4.79. The quantitative estimate of drug-likeness (QED) is 0.798. The molecule has 1 atom stereocenters. The maximum Gasteiger partial charge on any atom is 0.355 e. The number of benzene rings is 1. The number of rotatable bonds is 5. The Hall–Kier alpha value is -1.26. The molecular weight excluding hydrogens is 292 g/mol. The third-order valence-electron chi connectivity index (χ3n) is 1.85. The summed E-state index contributed by atoms with van der Waals surface area (Å²) in [5.74, 6) is -3.67. The number of hydrogen-bond acceptors (Lipinski definition) is 4. The zero-order valence-electron chi connectivity index (χ0n) is 8.96. The Morgan fingerprint density at radius 3 is 2.50 bits per heavy atom. The summed E-state index contributed by atoms with van der Waals surface area (Å²) in [4.78, 5) is -0.0995. The van der Waals surface area contributed by atoms with Crippen LogP contribution in [0.4, 0.5) is 14.5 Å². The predicted octanol–water partition coefficient (Wildman–Crippen LogP) is 1.24. The third-order valence-corrected chi connectivity index (χ3v) is 3.55. The molecule has 0 heterocycles. The summed E-state index contributed by atoms with van der Waals surface area (Å²) in [7, 11) is -3.60. The fraction of sp³-hybridized carbons (Fsp3) is 0.250. The Morgan fingerprint density at radius 2 is 2.06 bits per heavy atom. The molecule has 6 nitrogen and oxygen atoms in total. The first kappa shape index (κ1) is 14.8. The molecule has 0 aromatic heterocycles. The van der Waals surface area contributed by atoms with Crippen LogP contribution in [-0.2, 0) is 21.1 Å². The van der Waals surface area contributed by atoms with E-state index in [1.807, 2.05) is 0 Å². The van der Waals surface area contributed by atoms with Gasteiger partial charge in [-0.25, -0.2) is 12.6 Å². The molecule has 10 heteroatoms. The first-order valence-electron chi connectivity index (χ1n) is 4.36. The van der Waals surface area contributed by atoms with E-state index in [9.17, 15) is 21.4 Å². The average molecular weight is 301 g/mol. The molecule has 0 amide bonds. The van der Waals surface area contributed by atoms with Gasteiger partial charge >= 0.3 is 5.76 Å². The van der Waals surface area contributed by atoms with Gasteiger partial charge in [0.2, 0.25) is 0 Å². The number of halogens is 2. The van der Waals surface area contributed by atoms with Crippen LogP contribution < -0.4 is 9.46 Å². The number of sulfonamides is 1. The zero-order chi connectivity index (χ0) is 13.9. The van der Waals surface area contributed by atoms with Crippen molar-refractivity contribution >= 4 is 26.8 Å². The van der Waals surface area contributed by atoms with E-state index in [4.69, 9.17) is 9.29 Å². The molecule has 0 aliphatic rings. The van der Waals surface area contributed by atoms with Crippen LogP contribution in [-0.4, -0.2) is 30.0 Å². The fourth-order valence-electron chi connectivity index (χ4n) is 1.08. The van der Waals surface area contributed by atoms with E-state index < -0.39 is 26.9 Å². The van der Waals surface area contributed by atoms with E-state index in [1.54, 1.807) is 4.72 Å². The van der Waals surface area contributed by atoms with Crippen molar-refractivity contribution in [3.63, 3.8) is 0 Å². The van der Waals surface area contributed by atoms with Gasteiger partial charge in [0.05, 0.1) is 12.8 Å². The Kier molecular flexibility index (Phi) is 4.59. The van der Waals surface area contributed by atoms with Crippen LogP contribution in [0.5, 0.6) is 5.75 Å². The maximum absolute atomic E-state index is 12.1. The number of methoxy groups -OCH3 is 1. The highest BCUT2D eigenvalue weighted by Gasteiger charge is 2.24. The normalized spacial score (nSPS) is 13.4. The third kappa shape index (κ3) is 3.37. The second-order valence-electron chi connectivity index (χ2n) is 3.02. The largest absolute Gasteiger partial charge is 0.495 e. The number of hydrogen-bond donors (Lipinski definition) is 2. The SMILES string of the molecule is COc1cc(NS(=O)(=O)C(F)F)ccc1S(=O)O. The van der Waals surface area contributed by atoms with Crippen molar-refractivity contribution in [2.24, 2.45) is 0 Å². The van der Waals surface area contributed by atoms with Gasteiger partial charge in [0.15, 0.2) is 11.1 Å². The van der Waals surface area contributed by atoms with Crippen molar-refractivity contribution in [1.29, 1.82) is 0 Å². The summed E-state index contributed by atoms with van der Waals surface area (Å²) in [5, 5.41) is 0. The molecule has 0 aliphatic heterocycles. The Morgan fingerprint density at radius 1 is 1.44 bits per heavy atom. The van der Waals surface area contributed by atoms with Crippen LogP contribution in [0.2, 0.25) is 0 Å². The second kappa shape index (κ2) is 5.59. The molecule has 0 radical (unpaired) electrons. The highest BCUT2D eigenvalue weighted by molar-refractivity contribution is 7.93. The van der Waals surface area contributed by atoms with Gasteiger partial charge in [-0.3, -0.25) is 4.72 Å². The van der Waals surface area contributed by atoms with Gasteiger partial charge in [0.25, 0.3) is 10.0 Å². The lowest BCUT2D eigenvalue weighted by molar-refractivity contribution is 0.236. The molecular formula is C8H9F2NO5S2. The highest BCUT2D eigenvalue weighted by atomic mass is 32.2. The van der Waals surface area contributed by atoms with E-state index in [-0.39, 0.29) is 16.3 Å². The number of ether oxygens (including phenoxy) is 1. The zero-order valence-corrected chi connectivity index (χ0v) is 10.6. The number of nitrogens with one attached hydrogen (secondary N) is 1. The molecule has 0 spiro atoms. The molecule has 1 rings (SSSR count). The van der Waals surface area contributed by atoms with Crippen molar-refractivity contribution in [1.82, 2.24) is 0 Å². The first-order chi connectivity index (χ1) is 8.27. The van der Waals surface area contributed by atoms with Crippen molar-refractivity contribution < 1.29 is 30.7 Å². The van der Waals surface area contributed by atoms with Crippen molar-refractivity contribution in [2.45, 2.75) is 10.7 Å². The average Bonchev–Trinajstić information content (AvgIpc) is 2.27. The molecule has 1 unspecified atom stereocenters. The lowest BCUT2D eigenvalue weighted by Crippen LogP contribution is -2.20. The first-order valence-corrected chi connectivity index (χ1v) is 7.02. The van der Waals surface area contributed by atoms with Crippen LogP contribution in [0, 0.1) is 0 Å². The van der Waals surface area contributed by atoms with E-state index in [0.717, 1.165) is 18.2 Å². The number of alkyl halides is 2. The van der Waals surface area contributed by atoms with Gasteiger partial charge in [0, 0.05) is 6.07 Å². The van der Waals surface area contributed by atoms with Gasteiger partial charge in [-0.2, -0.15) is 8.78 Å². The molecule has 102 valence electrons. The van der Waals surface area contributed by atoms with Crippen LogP contribution >= 0.6 is 0 Å². The molecule has 18 heavy (non-hydrogen) atoms. The molecule has 0 fully saturated rings. The maximum atomic E-state index is 12.1. The minimum Gasteiger partial charge on any atom is -0.495 e. The monoisotopic (exact) mass is 301 g/mol. The van der Waals surface area contributed by atoms with E-state index >= 15 is 0 Å². The van der Waals surface area contributed by atoms with Crippen molar-refractivity contribution in [2.75, 3.05) is 11.8 Å². The molecule has 1 aromatic rings. The van der Waals surface area contributed by atoms with Crippen LogP contribution in [0.1, 0.15) is 0 Å². The van der Waals surface area contributed by atoms with Gasteiger partial charge in [0.1, 0.15) is 10.6 Å². The smallest absolute Gasteiger partial charge is 0.355 e. The molecule has 0 bridgehead atoms. The summed E-state index contributed by atoms with van der Waals surface area (Å²) in [6, 6.07) is 3.20. The summed E-state index contributed by atoms with van der Waals surface area (Å²) in [6.07, 6.45) is 0. The van der Waals surface area contributed by atoms with Crippen LogP contribution in [0.25, 0.3) is 0 Å². The van der Waals surface area contributed by atoms with E-state index in [2.05, 4.69) is 0 Å². The second-order valence-corrected chi connectivity index (χ2v) is 5.61. The molecule has 1 aromatic carbocycles. The topological polar surface area (TPSA) is 92.7 Å². The van der Waals surface area contributed by atoms with E-state index in [1.165, 1.54) is 7.11 Å². The fourth-order valence-corrected chi connectivity index (χ4v) is 2.13. The standard InChI is InChI=1S/C8H9F2NO5S2/c1-16-6-4-5(2-3-7(6)17(12)13)11-18(14,15)8(9)10/h2-4,8,11H,1H3,(H,12,13). The molecule has 2 N–H and O–H groups in total. The van der Waals surface area contributed by atoms with Gasteiger partial charge in [-0.1, -0.05) is 0 Å². The lowest BCUT2D eigenvalue weighted by atomic mass is 10.3. The summed E-state index contributed by atoms with van der Waals surface area (Å²) in [5.41, 5.74) is -0.193.